The summed E-state index contributed by atoms with van der Waals surface area (Å²) in [6.45, 7) is 11.5. The predicted molar refractivity (Wildman–Crippen MR) is 66.1 cm³/mol. The Morgan fingerprint density at radius 2 is 2.21 bits per heavy atom. The van der Waals surface area contributed by atoms with Gasteiger partial charge in [0.05, 0.1) is 0 Å². The van der Waals surface area contributed by atoms with Crippen LogP contribution in [0.15, 0.2) is 0 Å². The molecule has 1 aliphatic heterocycles. The molecule has 1 N–H and O–H groups in total. The lowest BCUT2D eigenvalue weighted by Gasteiger charge is -2.41. The third-order valence-electron chi connectivity index (χ3n) is 2.94. The zero-order chi connectivity index (χ0) is 10.6. The molecule has 1 heterocycles. The van der Waals surface area contributed by atoms with Gasteiger partial charge < -0.3 is 5.32 Å². The first-order chi connectivity index (χ1) is 6.65. The Balaban J connectivity index is 2.38. The van der Waals surface area contributed by atoms with Crippen LogP contribution in [0.3, 0.4) is 0 Å². The van der Waals surface area contributed by atoms with Crippen LogP contribution >= 0.6 is 11.8 Å². The van der Waals surface area contributed by atoms with E-state index < -0.39 is 0 Å². The summed E-state index contributed by atoms with van der Waals surface area (Å²) >= 11 is 2.05. The normalized spacial score (nSPS) is 31.7. The number of hydrogen-bond acceptors (Lipinski definition) is 3. The van der Waals surface area contributed by atoms with Crippen LogP contribution < -0.4 is 5.32 Å². The Labute approximate surface area is 92.8 Å². The number of nitrogens with one attached hydrogen (secondary N) is 1. The molecule has 1 rings (SSSR count). The fourth-order valence-corrected chi connectivity index (χ4v) is 2.82. The SMILES string of the molecule is CCSCC(C)N1CC(C)NCC1C. The highest BCUT2D eigenvalue weighted by molar-refractivity contribution is 7.99. The molecule has 3 unspecified atom stereocenters. The molecule has 1 fully saturated rings. The van der Waals surface area contributed by atoms with Gasteiger partial charge in [-0.1, -0.05) is 6.92 Å². The molecule has 2 nitrogen and oxygen atoms in total. The topological polar surface area (TPSA) is 15.3 Å². The van der Waals surface area contributed by atoms with Crippen LogP contribution in [-0.2, 0) is 0 Å². The van der Waals surface area contributed by atoms with Crippen LogP contribution in [0.1, 0.15) is 27.7 Å². The summed E-state index contributed by atoms with van der Waals surface area (Å²) < 4.78 is 0. The highest BCUT2D eigenvalue weighted by Gasteiger charge is 2.25. The molecule has 0 spiro atoms. The molecule has 0 aromatic rings. The number of piperazine rings is 1. The van der Waals surface area contributed by atoms with Gasteiger partial charge in [-0.3, -0.25) is 4.90 Å². The minimum absolute atomic E-state index is 0.653. The fraction of sp³-hybridized carbons (Fsp3) is 1.00. The summed E-state index contributed by atoms with van der Waals surface area (Å²) in [5.41, 5.74) is 0. The van der Waals surface area contributed by atoms with Crippen LogP contribution in [0.2, 0.25) is 0 Å². The monoisotopic (exact) mass is 216 g/mol. The first kappa shape index (κ1) is 12.3. The number of thioether (sulfide) groups is 1. The molecule has 14 heavy (non-hydrogen) atoms. The Morgan fingerprint density at radius 1 is 1.50 bits per heavy atom. The molecule has 0 radical (unpaired) electrons. The van der Waals surface area contributed by atoms with Crippen molar-refractivity contribution >= 4 is 11.8 Å². The van der Waals surface area contributed by atoms with Crippen molar-refractivity contribution in [1.82, 2.24) is 10.2 Å². The van der Waals surface area contributed by atoms with Gasteiger partial charge in [-0.2, -0.15) is 11.8 Å². The molecule has 84 valence electrons. The van der Waals surface area contributed by atoms with Gasteiger partial charge in [-0.05, 0) is 26.5 Å². The molecule has 0 bridgehead atoms. The number of rotatable bonds is 4. The number of nitrogens with zero attached hydrogens (tertiary/aromatic N) is 1. The molecule has 1 aliphatic rings. The average molecular weight is 216 g/mol. The Kier molecular flexibility index (Phi) is 5.28. The molecular weight excluding hydrogens is 192 g/mol. The zero-order valence-electron chi connectivity index (χ0n) is 9.92. The Hall–Kier alpha value is 0.270. The van der Waals surface area contributed by atoms with Crippen molar-refractivity contribution in [2.24, 2.45) is 0 Å². The summed E-state index contributed by atoms with van der Waals surface area (Å²) in [4.78, 5) is 2.64. The van der Waals surface area contributed by atoms with Crippen molar-refractivity contribution in [1.29, 1.82) is 0 Å². The van der Waals surface area contributed by atoms with Crippen LogP contribution in [0, 0.1) is 0 Å². The van der Waals surface area contributed by atoms with E-state index in [-0.39, 0.29) is 0 Å². The Morgan fingerprint density at radius 3 is 2.86 bits per heavy atom. The largest absolute Gasteiger partial charge is 0.311 e. The minimum Gasteiger partial charge on any atom is -0.311 e. The van der Waals surface area contributed by atoms with Gasteiger partial charge >= 0.3 is 0 Å². The highest BCUT2D eigenvalue weighted by Crippen LogP contribution is 2.14. The molecule has 0 saturated carbocycles. The first-order valence-electron chi connectivity index (χ1n) is 5.72. The van der Waals surface area contributed by atoms with E-state index in [1.54, 1.807) is 0 Å². The predicted octanol–water partition coefficient (Wildman–Crippen LogP) is 1.81. The van der Waals surface area contributed by atoms with E-state index in [4.69, 9.17) is 0 Å². The second-order valence-corrected chi connectivity index (χ2v) is 5.68. The van der Waals surface area contributed by atoms with Gasteiger partial charge in [0.25, 0.3) is 0 Å². The summed E-state index contributed by atoms with van der Waals surface area (Å²) in [7, 11) is 0. The van der Waals surface area contributed by atoms with Crippen molar-refractivity contribution in [3.05, 3.63) is 0 Å². The molecule has 1 saturated heterocycles. The second-order valence-electron chi connectivity index (χ2n) is 4.36. The maximum Gasteiger partial charge on any atom is 0.0196 e. The van der Waals surface area contributed by atoms with E-state index in [1.165, 1.54) is 18.1 Å². The van der Waals surface area contributed by atoms with Gasteiger partial charge in [-0.25, -0.2) is 0 Å². The maximum absolute atomic E-state index is 3.52. The average Bonchev–Trinajstić information content (AvgIpc) is 2.18. The standard InChI is InChI=1S/C11H24N2S/c1-5-14-8-11(4)13-7-9(2)12-6-10(13)3/h9-12H,5-8H2,1-4H3. The van der Waals surface area contributed by atoms with Crippen LogP contribution in [0.25, 0.3) is 0 Å². The third kappa shape index (κ3) is 3.44. The van der Waals surface area contributed by atoms with E-state index in [0.29, 0.717) is 12.1 Å². The van der Waals surface area contributed by atoms with Crippen molar-refractivity contribution < 1.29 is 0 Å². The van der Waals surface area contributed by atoms with Gasteiger partial charge in [0.1, 0.15) is 0 Å². The van der Waals surface area contributed by atoms with E-state index in [0.717, 1.165) is 12.6 Å². The molecule has 3 atom stereocenters. The third-order valence-corrected chi connectivity index (χ3v) is 4.07. The van der Waals surface area contributed by atoms with Gasteiger partial charge in [0.2, 0.25) is 0 Å². The summed E-state index contributed by atoms with van der Waals surface area (Å²) in [6, 6.07) is 2.07. The fourth-order valence-electron chi connectivity index (χ4n) is 2.05. The van der Waals surface area contributed by atoms with E-state index in [2.05, 4.69) is 49.7 Å². The molecule has 0 aliphatic carbocycles. The van der Waals surface area contributed by atoms with Crippen molar-refractivity contribution in [2.75, 3.05) is 24.6 Å². The van der Waals surface area contributed by atoms with Gasteiger partial charge in [0, 0.05) is 37.0 Å². The molecule has 3 heteroatoms. The lowest BCUT2D eigenvalue weighted by atomic mass is 10.1. The molecule has 0 aromatic carbocycles. The lowest BCUT2D eigenvalue weighted by molar-refractivity contribution is 0.114. The summed E-state index contributed by atoms with van der Waals surface area (Å²) in [6.07, 6.45) is 0. The lowest BCUT2D eigenvalue weighted by Crippen LogP contribution is -2.57. The highest BCUT2D eigenvalue weighted by atomic mass is 32.2. The second kappa shape index (κ2) is 5.99. The molecule has 0 aromatic heterocycles. The molecular formula is C11H24N2S. The zero-order valence-corrected chi connectivity index (χ0v) is 10.7. The van der Waals surface area contributed by atoms with Gasteiger partial charge in [0.15, 0.2) is 0 Å². The van der Waals surface area contributed by atoms with Crippen molar-refractivity contribution in [2.45, 2.75) is 45.8 Å². The van der Waals surface area contributed by atoms with Crippen LogP contribution in [-0.4, -0.2) is 47.6 Å². The van der Waals surface area contributed by atoms with Crippen LogP contribution in [0.4, 0.5) is 0 Å². The Bertz CT molecular complexity index is 163. The van der Waals surface area contributed by atoms with Crippen molar-refractivity contribution in [3.8, 4) is 0 Å². The minimum atomic E-state index is 0.653. The van der Waals surface area contributed by atoms with E-state index >= 15 is 0 Å². The van der Waals surface area contributed by atoms with E-state index in [1.807, 2.05) is 0 Å². The smallest absolute Gasteiger partial charge is 0.0196 e. The molecule has 0 amide bonds. The maximum atomic E-state index is 3.52. The summed E-state index contributed by atoms with van der Waals surface area (Å²) in [5, 5.41) is 3.52. The van der Waals surface area contributed by atoms with E-state index in [9.17, 15) is 0 Å². The quantitative estimate of drug-likeness (QED) is 0.771. The van der Waals surface area contributed by atoms with Gasteiger partial charge in [-0.15, -0.1) is 0 Å². The van der Waals surface area contributed by atoms with Crippen molar-refractivity contribution in [3.63, 3.8) is 0 Å². The number of hydrogen-bond donors (Lipinski definition) is 1. The van der Waals surface area contributed by atoms with Crippen LogP contribution in [0.5, 0.6) is 0 Å². The summed E-state index contributed by atoms with van der Waals surface area (Å²) in [5.74, 6) is 2.51. The first-order valence-corrected chi connectivity index (χ1v) is 6.87.